The number of nitrogens with zero attached hydrogens (tertiary/aromatic N) is 1. The van der Waals surface area contributed by atoms with Crippen molar-refractivity contribution in [2.75, 3.05) is 0 Å². The minimum Gasteiger partial charge on any atom is -0.478 e. The number of aromatic carboxylic acids is 2. The first-order valence-corrected chi connectivity index (χ1v) is 4.30. The molecule has 0 unspecified atom stereocenters. The summed E-state index contributed by atoms with van der Waals surface area (Å²) >= 11 is 0. The summed E-state index contributed by atoms with van der Waals surface area (Å²) in [6.45, 7) is 4.69. The topological polar surface area (TPSA) is 87.5 Å². The fraction of sp³-hybridized carbons (Fsp3) is 0.300. The van der Waals surface area contributed by atoms with Crippen molar-refractivity contribution >= 4 is 11.9 Å². The van der Waals surface area contributed by atoms with Crippen LogP contribution in [0.1, 0.15) is 37.7 Å². The quantitative estimate of drug-likeness (QED) is 0.768. The lowest BCUT2D eigenvalue weighted by Gasteiger charge is -2.10. The van der Waals surface area contributed by atoms with Crippen LogP contribution in [-0.4, -0.2) is 27.1 Å². The number of hydrogen-bond donors (Lipinski definition) is 2. The first kappa shape index (κ1) is 11.2. The van der Waals surface area contributed by atoms with Crippen LogP contribution in [0, 0.1) is 20.8 Å². The van der Waals surface area contributed by atoms with Crippen LogP contribution in [0.2, 0.25) is 0 Å². The highest BCUT2D eigenvalue weighted by molar-refractivity contribution is 6.03. The maximum Gasteiger partial charge on any atom is 0.338 e. The SMILES string of the molecule is Cc1nc(C)c(C(=O)O)c(C(=O)O)c1C. The Bertz CT molecular complexity index is 451. The van der Waals surface area contributed by atoms with Crippen molar-refractivity contribution in [1.82, 2.24) is 4.98 Å². The van der Waals surface area contributed by atoms with Crippen molar-refractivity contribution in [1.29, 1.82) is 0 Å². The molecule has 5 nitrogen and oxygen atoms in total. The van der Waals surface area contributed by atoms with Crippen LogP contribution in [0.25, 0.3) is 0 Å². The Kier molecular flexibility index (Phi) is 2.74. The molecule has 0 amide bonds. The van der Waals surface area contributed by atoms with E-state index in [1.165, 1.54) is 6.92 Å². The molecule has 0 aliphatic rings. The van der Waals surface area contributed by atoms with Crippen LogP contribution in [0.3, 0.4) is 0 Å². The normalized spacial score (nSPS) is 10.1. The number of rotatable bonds is 2. The summed E-state index contributed by atoms with van der Waals surface area (Å²) in [4.78, 5) is 25.9. The van der Waals surface area contributed by atoms with E-state index in [9.17, 15) is 9.59 Å². The van der Waals surface area contributed by atoms with E-state index >= 15 is 0 Å². The van der Waals surface area contributed by atoms with Gasteiger partial charge in [-0.2, -0.15) is 0 Å². The lowest BCUT2D eigenvalue weighted by Crippen LogP contribution is -2.15. The molecule has 0 atom stereocenters. The van der Waals surface area contributed by atoms with Crippen molar-refractivity contribution in [3.63, 3.8) is 0 Å². The molecule has 1 aromatic rings. The van der Waals surface area contributed by atoms with Gasteiger partial charge in [-0.05, 0) is 26.3 Å². The number of carboxylic acid groups (broad SMARTS) is 2. The van der Waals surface area contributed by atoms with Gasteiger partial charge in [0, 0.05) is 5.69 Å². The van der Waals surface area contributed by atoms with Crippen molar-refractivity contribution in [2.45, 2.75) is 20.8 Å². The number of aryl methyl sites for hydroxylation is 2. The zero-order chi connectivity index (χ0) is 11.7. The van der Waals surface area contributed by atoms with Crippen LogP contribution in [0.4, 0.5) is 0 Å². The van der Waals surface area contributed by atoms with E-state index in [2.05, 4.69) is 4.98 Å². The zero-order valence-electron chi connectivity index (χ0n) is 8.66. The maximum atomic E-state index is 11.0. The first-order chi connectivity index (χ1) is 6.86. The van der Waals surface area contributed by atoms with Crippen LogP contribution < -0.4 is 0 Å². The van der Waals surface area contributed by atoms with E-state index in [1.54, 1.807) is 13.8 Å². The van der Waals surface area contributed by atoms with E-state index in [4.69, 9.17) is 10.2 Å². The van der Waals surface area contributed by atoms with Crippen LogP contribution in [0.15, 0.2) is 0 Å². The third kappa shape index (κ3) is 1.81. The third-order valence-corrected chi connectivity index (χ3v) is 2.29. The average molecular weight is 209 g/mol. The molecule has 0 aromatic carbocycles. The van der Waals surface area contributed by atoms with Crippen molar-refractivity contribution < 1.29 is 19.8 Å². The fourth-order valence-electron chi connectivity index (χ4n) is 1.47. The number of pyridine rings is 1. The van der Waals surface area contributed by atoms with Crippen molar-refractivity contribution in [3.05, 3.63) is 28.1 Å². The Morgan fingerprint density at radius 2 is 1.40 bits per heavy atom. The second-order valence-corrected chi connectivity index (χ2v) is 3.27. The van der Waals surface area contributed by atoms with E-state index in [-0.39, 0.29) is 16.8 Å². The number of aromatic nitrogens is 1. The average Bonchev–Trinajstić information content (AvgIpc) is 2.09. The summed E-state index contributed by atoms with van der Waals surface area (Å²) in [5.41, 5.74) is 0.751. The van der Waals surface area contributed by atoms with Gasteiger partial charge >= 0.3 is 11.9 Å². The van der Waals surface area contributed by atoms with Crippen molar-refractivity contribution in [2.24, 2.45) is 0 Å². The molecule has 0 spiro atoms. The predicted octanol–water partition coefficient (Wildman–Crippen LogP) is 1.40. The second-order valence-electron chi connectivity index (χ2n) is 3.27. The molecule has 2 N–H and O–H groups in total. The predicted molar refractivity (Wildman–Crippen MR) is 52.4 cm³/mol. The molecule has 0 aliphatic carbocycles. The third-order valence-electron chi connectivity index (χ3n) is 2.29. The molecule has 15 heavy (non-hydrogen) atoms. The summed E-state index contributed by atoms with van der Waals surface area (Å²) in [5, 5.41) is 17.9. The largest absolute Gasteiger partial charge is 0.478 e. The monoisotopic (exact) mass is 209 g/mol. The van der Waals surface area contributed by atoms with Gasteiger partial charge in [0.05, 0.1) is 16.8 Å². The standard InChI is InChI=1S/C10H11NO4/c1-4-5(2)11-6(3)8(10(14)15)7(4)9(12)13/h1-3H3,(H,12,13)(H,14,15). The van der Waals surface area contributed by atoms with Crippen LogP contribution >= 0.6 is 0 Å². The Morgan fingerprint density at radius 1 is 0.933 bits per heavy atom. The molecule has 1 aromatic heterocycles. The van der Waals surface area contributed by atoms with Gasteiger partial charge in [-0.25, -0.2) is 9.59 Å². The lowest BCUT2D eigenvalue weighted by molar-refractivity contribution is 0.0649. The van der Waals surface area contributed by atoms with Gasteiger partial charge < -0.3 is 10.2 Å². The Balaban J connectivity index is 3.69. The van der Waals surface area contributed by atoms with Gasteiger partial charge in [-0.1, -0.05) is 0 Å². The van der Waals surface area contributed by atoms with E-state index in [0.717, 1.165) is 0 Å². The summed E-state index contributed by atoms with van der Waals surface area (Å²) in [6.07, 6.45) is 0. The van der Waals surface area contributed by atoms with Gasteiger partial charge in [-0.15, -0.1) is 0 Å². The van der Waals surface area contributed by atoms with Gasteiger partial charge in [0.1, 0.15) is 0 Å². The molecule has 80 valence electrons. The molecule has 0 bridgehead atoms. The Labute approximate surface area is 86.4 Å². The number of hydrogen-bond acceptors (Lipinski definition) is 3. The molecule has 0 saturated heterocycles. The Hall–Kier alpha value is -1.91. The molecule has 0 fully saturated rings. The van der Waals surface area contributed by atoms with Gasteiger partial charge in [-0.3, -0.25) is 4.98 Å². The van der Waals surface area contributed by atoms with E-state index in [0.29, 0.717) is 11.3 Å². The molecule has 0 saturated carbocycles. The smallest absolute Gasteiger partial charge is 0.338 e. The zero-order valence-corrected chi connectivity index (χ0v) is 8.66. The van der Waals surface area contributed by atoms with E-state index < -0.39 is 11.9 Å². The minimum absolute atomic E-state index is 0.174. The van der Waals surface area contributed by atoms with Gasteiger partial charge in [0.15, 0.2) is 0 Å². The fourth-order valence-corrected chi connectivity index (χ4v) is 1.47. The molecule has 0 radical (unpaired) electrons. The highest BCUT2D eigenvalue weighted by Crippen LogP contribution is 2.19. The highest BCUT2D eigenvalue weighted by atomic mass is 16.4. The molecule has 5 heteroatoms. The van der Waals surface area contributed by atoms with Gasteiger partial charge in [0.2, 0.25) is 0 Å². The molecule has 0 aliphatic heterocycles. The summed E-state index contributed by atoms with van der Waals surface area (Å²) < 4.78 is 0. The summed E-state index contributed by atoms with van der Waals surface area (Å²) in [6, 6.07) is 0. The molecular formula is C10H11NO4. The second kappa shape index (κ2) is 3.68. The lowest BCUT2D eigenvalue weighted by atomic mass is 10.00. The van der Waals surface area contributed by atoms with Crippen LogP contribution in [-0.2, 0) is 0 Å². The van der Waals surface area contributed by atoms with Crippen LogP contribution in [0.5, 0.6) is 0 Å². The number of carbonyl (C=O) groups is 2. The maximum absolute atomic E-state index is 11.0. The van der Waals surface area contributed by atoms with Gasteiger partial charge in [0.25, 0.3) is 0 Å². The summed E-state index contributed by atoms with van der Waals surface area (Å²) in [5.74, 6) is -2.50. The molecular weight excluding hydrogens is 198 g/mol. The highest BCUT2D eigenvalue weighted by Gasteiger charge is 2.23. The molecule has 1 heterocycles. The first-order valence-electron chi connectivity index (χ1n) is 4.30. The van der Waals surface area contributed by atoms with E-state index in [1.807, 2.05) is 0 Å². The Morgan fingerprint density at radius 3 is 1.80 bits per heavy atom. The van der Waals surface area contributed by atoms with Crippen molar-refractivity contribution in [3.8, 4) is 0 Å². The minimum atomic E-state index is -1.26. The summed E-state index contributed by atoms with van der Waals surface area (Å²) in [7, 11) is 0. The number of carboxylic acids is 2. The molecule has 1 rings (SSSR count).